The minimum atomic E-state index is -4.71. The summed E-state index contributed by atoms with van der Waals surface area (Å²) in [6, 6.07) is 11.1. The molecule has 194 valence electrons. The van der Waals surface area contributed by atoms with Crippen LogP contribution in [0.3, 0.4) is 0 Å². The number of hydrogen-bond acceptors (Lipinski definition) is 8. The molecule has 2 aromatic heterocycles. The van der Waals surface area contributed by atoms with Crippen LogP contribution in [-0.2, 0) is 24.5 Å². The third-order valence-corrected chi connectivity index (χ3v) is 5.80. The van der Waals surface area contributed by atoms with Gasteiger partial charge in [-0.2, -0.15) is 0 Å². The van der Waals surface area contributed by atoms with Crippen molar-refractivity contribution >= 4 is 23.5 Å². The average Bonchev–Trinajstić information content (AvgIpc) is 3.56. The number of alkyl halides is 3. The highest BCUT2D eigenvalue weighted by Gasteiger charge is 2.30. The molecule has 0 amide bonds. The first kappa shape index (κ1) is 26.2. The summed E-state index contributed by atoms with van der Waals surface area (Å²) in [6.07, 6.45) is 2.23. The van der Waals surface area contributed by atoms with Crippen molar-refractivity contribution in [3.63, 3.8) is 0 Å². The minimum absolute atomic E-state index is 0.265. The first-order chi connectivity index (χ1) is 17.9. The van der Waals surface area contributed by atoms with E-state index in [-0.39, 0.29) is 12.4 Å². The van der Waals surface area contributed by atoms with E-state index in [1.165, 1.54) is 35.6 Å². The van der Waals surface area contributed by atoms with E-state index in [4.69, 9.17) is 14.2 Å². The van der Waals surface area contributed by atoms with E-state index in [1.807, 2.05) is 17.5 Å². The molecule has 0 saturated carbocycles. The number of thiazole rings is 1. The zero-order chi connectivity index (χ0) is 26.1. The van der Waals surface area contributed by atoms with E-state index in [1.54, 1.807) is 42.4 Å². The Morgan fingerprint density at radius 2 is 1.84 bits per heavy atom. The quantitative estimate of drug-likeness (QED) is 0.220. The van der Waals surface area contributed by atoms with Crippen molar-refractivity contribution in [2.75, 3.05) is 13.7 Å². The zero-order valence-electron chi connectivity index (χ0n) is 19.7. The summed E-state index contributed by atoms with van der Waals surface area (Å²) in [7, 11) is 1.59. The topological polar surface area (TPSA) is 80.5 Å². The number of benzene rings is 2. The molecular formula is C25H23F3N4O4S. The highest BCUT2D eigenvalue weighted by atomic mass is 32.1. The smallest absolute Gasteiger partial charge is 0.496 e. The van der Waals surface area contributed by atoms with Gasteiger partial charge in [-0.3, -0.25) is 4.68 Å². The van der Waals surface area contributed by atoms with Crippen LogP contribution in [0.4, 0.5) is 13.2 Å². The van der Waals surface area contributed by atoms with Crippen LogP contribution in [0.5, 0.6) is 17.2 Å². The number of methoxy groups -OCH3 is 1. The van der Waals surface area contributed by atoms with Gasteiger partial charge >= 0.3 is 6.36 Å². The summed E-state index contributed by atoms with van der Waals surface area (Å²) >= 11 is 1.43. The van der Waals surface area contributed by atoms with Crippen LogP contribution in [-0.4, -0.2) is 40.1 Å². The summed E-state index contributed by atoms with van der Waals surface area (Å²) in [5.74, 6) is 1.03. The summed E-state index contributed by atoms with van der Waals surface area (Å²) in [5.41, 5.74) is 2.36. The Balaban J connectivity index is 1.26. The number of aromatic nitrogens is 4. The van der Waals surface area contributed by atoms with Gasteiger partial charge in [-0.15, -0.1) is 29.6 Å². The molecule has 4 rings (SSSR count). The van der Waals surface area contributed by atoms with Crippen LogP contribution in [0.25, 0.3) is 12.2 Å². The second-order valence-corrected chi connectivity index (χ2v) is 8.50. The summed E-state index contributed by atoms with van der Waals surface area (Å²) in [4.78, 5) is 4.51. The molecule has 0 aliphatic heterocycles. The molecule has 0 unspecified atom stereocenters. The number of hydrogen-bond donors (Lipinski definition) is 0. The Kier molecular flexibility index (Phi) is 8.75. The van der Waals surface area contributed by atoms with Crippen molar-refractivity contribution in [2.24, 2.45) is 0 Å². The predicted molar refractivity (Wildman–Crippen MR) is 131 cm³/mol. The standard InChI is InChI=1S/C25H23F3N4O4S/c1-33-23-14-22(8-5-19(23)15-34-13-12-32-11-10-29-31-32)35-16-20-17-37-24(30-20)9-4-18-2-6-21(7-3-18)36-25(26,27)28/h2-11,14,17H,12-13,15-16H2,1H3/b9-4+. The lowest BCUT2D eigenvalue weighted by molar-refractivity contribution is -0.274. The largest absolute Gasteiger partial charge is 0.573 e. The Morgan fingerprint density at radius 1 is 1.03 bits per heavy atom. The first-order valence-electron chi connectivity index (χ1n) is 11.1. The van der Waals surface area contributed by atoms with Gasteiger partial charge in [-0.1, -0.05) is 23.4 Å². The van der Waals surface area contributed by atoms with E-state index < -0.39 is 6.36 Å². The molecule has 0 atom stereocenters. The molecule has 0 saturated heterocycles. The normalized spacial score (nSPS) is 11.7. The van der Waals surface area contributed by atoms with Gasteiger partial charge in [0.2, 0.25) is 0 Å². The molecule has 37 heavy (non-hydrogen) atoms. The molecule has 8 nitrogen and oxygen atoms in total. The SMILES string of the molecule is COc1cc(OCc2csc(/C=C/c3ccc(OC(F)(F)F)cc3)n2)ccc1COCCn1ccnn1. The third kappa shape index (κ3) is 8.33. The number of ether oxygens (including phenoxy) is 4. The lowest BCUT2D eigenvalue weighted by Crippen LogP contribution is -2.16. The van der Waals surface area contributed by atoms with E-state index in [0.717, 1.165) is 21.8 Å². The lowest BCUT2D eigenvalue weighted by Gasteiger charge is -2.12. The molecule has 2 aromatic carbocycles. The fourth-order valence-electron chi connectivity index (χ4n) is 3.20. The maximum Gasteiger partial charge on any atom is 0.573 e. The van der Waals surface area contributed by atoms with Gasteiger partial charge in [0.05, 0.1) is 38.8 Å². The summed E-state index contributed by atoms with van der Waals surface area (Å²) in [5, 5.41) is 10.3. The van der Waals surface area contributed by atoms with Crippen molar-refractivity contribution in [1.82, 2.24) is 20.0 Å². The summed E-state index contributed by atoms with van der Waals surface area (Å²) in [6.45, 7) is 1.75. The number of rotatable bonds is 12. The van der Waals surface area contributed by atoms with Gasteiger partial charge in [-0.05, 0) is 35.9 Å². The van der Waals surface area contributed by atoms with Gasteiger partial charge in [-0.25, -0.2) is 4.98 Å². The number of halogens is 3. The van der Waals surface area contributed by atoms with Crippen LogP contribution >= 0.6 is 11.3 Å². The van der Waals surface area contributed by atoms with E-state index in [0.29, 0.717) is 31.3 Å². The van der Waals surface area contributed by atoms with E-state index >= 15 is 0 Å². The highest BCUT2D eigenvalue weighted by Crippen LogP contribution is 2.27. The maximum atomic E-state index is 12.3. The molecule has 0 aliphatic rings. The first-order valence-corrected chi connectivity index (χ1v) is 12.0. The Hall–Kier alpha value is -3.90. The molecule has 0 bridgehead atoms. The van der Waals surface area contributed by atoms with Gasteiger partial charge in [0, 0.05) is 23.2 Å². The monoisotopic (exact) mass is 532 g/mol. The van der Waals surface area contributed by atoms with Crippen molar-refractivity contribution in [2.45, 2.75) is 26.1 Å². The molecule has 12 heteroatoms. The molecule has 4 aromatic rings. The van der Waals surface area contributed by atoms with Crippen LogP contribution in [0, 0.1) is 0 Å². The van der Waals surface area contributed by atoms with Crippen LogP contribution in [0.2, 0.25) is 0 Å². The average molecular weight is 533 g/mol. The van der Waals surface area contributed by atoms with E-state index in [9.17, 15) is 13.2 Å². The van der Waals surface area contributed by atoms with Gasteiger partial charge in [0.25, 0.3) is 0 Å². The molecule has 0 spiro atoms. The fraction of sp³-hybridized carbons (Fsp3) is 0.240. The van der Waals surface area contributed by atoms with Gasteiger partial charge in [0.15, 0.2) is 0 Å². The Bertz CT molecular complexity index is 1290. The fourth-order valence-corrected chi connectivity index (χ4v) is 3.89. The minimum Gasteiger partial charge on any atom is -0.496 e. The van der Waals surface area contributed by atoms with Crippen molar-refractivity contribution < 1.29 is 32.1 Å². The van der Waals surface area contributed by atoms with Gasteiger partial charge < -0.3 is 18.9 Å². The Labute approximate surface area is 214 Å². The van der Waals surface area contributed by atoms with Crippen LogP contribution in [0.1, 0.15) is 21.8 Å². The summed E-state index contributed by atoms with van der Waals surface area (Å²) < 4.78 is 59.4. The van der Waals surface area contributed by atoms with Crippen molar-refractivity contribution in [3.05, 3.63) is 82.1 Å². The predicted octanol–water partition coefficient (Wildman–Crippen LogP) is 5.61. The van der Waals surface area contributed by atoms with Crippen LogP contribution in [0.15, 0.2) is 60.2 Å². The lowest BCUT2D eigenvalue weighted by atomic mass is 10.2. The molecule has 0 N–H and O–H groups in total. The van der Waals surface area contributed by atoms with Crippen molar-refractivity contribution in [3.8, 4) is 17.2 Å². The zero-order valence-corrected chi connectivity index (χ0v) is 20.5. The molecular weight excluding hydrogens is 509 g/mol. The Morgan fingerprint density at radius 3 is 2.57 bits per heavy atom. The van der Waals surface area contributed by atoms with E-state index in [2.05, 4.69) is 20.0 Å². The maximum absolute atomic E-state index is 12.3. The third-order valence-electron chi connectivity index (χ3n) is 4.94. The molecule has 0 radical (unpaired) electrons. The molecule has 2 heterocycles. The highest BCUT2D eigenvalue weighted by molar-refractivity contribution is 7.10. The second kappa shape index (κ2) is 12.4. The van der Waals surface area contributed by atoms with Crippen LogP contribution < -0.4 is 14.2 Å². The molecule has 0 fully saturated rings. The second-order valence-electron chi connectivity index (χ2n) is 7.61. The van der Waals surface area contributed by atoms with Crippen molar-refractivity contribution in [1.29, 1.82) is 0 Å². The number of nitrogens with zero attached hydrogens (tertiary/aromatic N) is 4. The molecule has 0 aliphatic carbocycles. The van der Waals surface area contributed by atoms with Gasteiger partial charge in [0.1, 0.15) is 28.9 Å².